The van der Waals surface area contributed by atoms with Crippen molar-refractivity contribution in [2.24, 2.45) is 0 Å². The number of halogens is 1. The normalized spacial score (nSPS) is 15.9. The highest BCUT2D eigenvalue weighted by Crippen LogP contribution is 2.46. The van der Waals surface area contributed by atoms with E-state index in [2.05, 4.69) is 27.9 Å². The third-order valence-electron chi connectivity index (χ3n) is 5.68. The van der Waals surface area contributed by atoms with Gasteiger partial charge in [-0.25, -0.2) is 9.69 Å². The maximum Gasteiger partial charge on any atom is 0.335 e. The van der Waals surface area contributed by atoms with Crippen LogP contribution in [-0.2, 0) is 20.8 Å². The first-order chi connectivity index (χ1) is 16.7. The van der Waals surface area contributed by atoms with Crippen LogP contribution in [0.5, 0.6) is 17.2 Å². The summed E-state index contributed by atoms with van der Waals surface area (Å²) in [5.41, 5.74) is 1.17. The molecule has 182 valence electrons. The average molecular weight is 591 g/mol. The number of rotatable bonds is 6. The first-order valence-electron chi connectivity index (χ1n) is 10.6. The summed E-state index contributed by atoms with van der Waals surface area (Å²) in [5, 5.41) is 2.23. The van der Waals surface area contributed by atoms with Crippen LogP contribution in [-0.4, -0.2) is 56.1 Å². The fourth-order valence-electron chi connectivity index (χ4n) is 3.72. The Balaban J connectivity index is 1.80. The summed E-state index contributed by atoms with van der Waals surface area (Å²) in [4.78, 5) is 52.8. The van der Waals surface area contributed by atoms with Crippen LogP contribution < -0.4 is 24.4 Å². The highest BCUT2D eigenvalue weighted by molar-refractivity contribution is 14.1. The summed E-state index contributed by atoms with van der Waals surface area (Å²) in [5.74, 6) is -0.617. The van der Waals surface area contributed by atoms with Gasteiger partial charge in [0, 0.05) is 29.6 Å². The number of benzene rings is 2. The van der Waals surface area contributed by atoms with E-state index >= 15 is 0 Å². The summed E-state index contributed by atoms with van der Waals surface area (Å²) < 4.78 is 17.6. The second-order valence-corrected chi connectivity index (χ2v) is 9.09. The third kappa shape index (κ3) is 4.81. The summed E-state index contributed by atoms with van der Waals surface area (Å²) in [6, 6.07) is 7.65. The zero-order valence-electron chi connectivity index (χ0n) is 19.2. The lowest BCUT2D eigenvalue weighted by Gasteiger charge is -2.26. The Morgan fingerprint density at radius 1 is 1.23 bits per heavy atom. The number of amides is 5. The Kier molecular flexibility index (Phi) is 6.96. The van der Waals surface area contributed by atoms with Crippen LogP contribution in [0.25, 0.3) is 6.08 Å². The van der Waals surface area contributed by atoms with Gasteiger partial charge in [-0.05, 0) is 71.0 Å². The van der Waals surface area contributed by atoms with Crippen molar-refractivity contribution in [1.82, 2.24) is 10.2 Å². The largest absolute Gasteiger partial charge is 0.492 e. The quantitative estimate of drug-likeness (QED) is 0.312. The van der Waals surface area contributed by atoms with Crippen LogP contribution in [0.15, 0.2) is 35.9 Å². The Bertz CT molecular complexity index is 1260. The van der Waals surface area contributed by atoms with E-state index in [1.165, 1.54) is 20.1 Å². The molecule has 0 saturated carbocycles. The minimum absolute atomic E-state index is 0.00693. The van der Waals surface area contributed by atoms with Crippen LogP contribution in [0.2, 0.25) is 0 Å². The van der Waals surface area contributed by atoms with E-state index in [4.69, 9.17) is 14.2 Å². The maximum absolute atomic E-state index is 13.4. The summed E-state index contributed by atoms with van der Waals surface area (Å²) >= 11 is 2.11. The Hall–Kier alpha value is -3.61. The number of hydrogen-bond donors (Lipinski definition) is 1. The number of urea groups is 1. The molecule has 0 spiro atoms. The van der Waals surface area contributed by atoms with Crippen LogP contribution in [0.1, 0.15) is 18.1 Å². The fourth-order valence-corrected chi connectivity index (χ4v) is 4.08. The monoisotopic (exact) mass is 591 g/mol. The molecule has 35 heavy (non-hydrogen) atoms. The highest BCUT2D eigenvalue weighted by Gasteiger charge is 2.37. The molecule has 2 heterocycles. The molecule has 2 aliphatic rings. The molecule has 5 amide bonds. The maximum atomic E-state index is 13.4. The summed E-state index contributed by atoms with van der Waals surface area (Å²) in [6.07, 6.45) is 1.77. The number of anilines is 1. The van der Waals surface area contributed by atoms with Gasteiger partial charge >= 0.3 is 6.03 Å². The molecule has 1 saturated heterocycles. The first-order valence-corrected chi connectivity index (χ1v) is 11.7. The van der Waals surface area contributed by atoms with E-state index in [0.717, 1.165) is 8.47 Å². The molecule has 2 aromatic carbocycles. The number of ether oxygens (including phenoxy) is 3. The topological polar surface area (TPSA) is 114 Å². The van der Waals surface area contributed by atoms with Gasteiger partial charge in [0.15, 0.2) is 11.5 Å². The minimum Gasteiger partial charge on any atom is -0.492 e. The molecule has 10 nitrogen and oxygen atoms in total. The second kappa shape index (κ2) is 9.94. The average Bonchev–Trinajstić information content (AvgIpc) is 3.29. The molecule has 0 unspecified atom stereocenters. The van der Waals surface area contributed by atoms with Gasteiger partial charge in [0.1, 0.15) is 5.57 Å². The molecule has 0 aromatic heterocycles. The number of fused-ring (bicyclic) bond motifs is 1. The molecule has 1 fully saturated rings. The predicted octanol–water partition coefficient (Wildman–Crippen LogP) is 2.72. The van der Waals surface area contributed by atoms with Crippen molar-refractivity contribution < 1.29 is 33.4 Å². The number of nitrogens with one attached hydrogen (secondary N) is 1. The van der Waals surface area contributed by atoms with Crippen molar-refractivity contribution in [3.63, 3.8) is 0 Å². The number of methoxy groups -OCH3 is 1. The number of likely N-dealkylation sites (N-methyl/N-ethyl adjacent to an activating group) is 1. The first kappa shape index (κ1) is 24.5. The SMILES string of the molecule is COc1c(/C=C2/C(=O)NC(=O)N(c3ccc(I)cc3)C2=O)c(CCN(C)C(C)=O)cc2c1OCO2. The van der Waals surface area contributed by atoms with E-state index < -0.39 is 17.8 Å². The van der Waals surface area contributed by atoms with E-state index in [9.17, 15) is 19.2 Å². The van der Waals surface area contributed by atoms with Crippen molar-refractivity contribution >= 4 is 58.1 Å². The van der Waals surface area contributed by atoms with Gasteiger partial charge in [-0.1, -0.05) is 0 Å². The molecule has 2 aliphatic heterocycles. The molecule has 11 heteroatoms. The molecule has 1 N–H and O–H groups in total. The lowest BCUT2D eigenvalue weighted by Crippen LogP contribution is -2.54. The van der Waals surface area contributed by atoms with Gasteiger partial charge in [-0.2, -0.15) is 0 Å². The molecular formula is C24H22IN3O7. The zero-order valence-corrected chi connectivity index (χ0v) is 21.4. The number of carbonyl (C=O) groups excluding carboxylic acids is 4. The summed E-state index contributed by atoms with van der Waals surface area (Å²) in [7, 11) is 3.11. The highest BCUT2D eigenvalue weighted by atomic mass is 127. The van der Waals surface area contributed by atoms with Crippen molar-refractivity contribution in [3.05, 3.63) is 50.6 Å². The summed E-state index contributed by atoms with van der Waals surface area (Å²) in [6.45, 7) is 1.83. The van der Waals surface area contributed by atoms with Crippen LogP contribution in [0, 0.1) is 3.57 Å². The number of nitrogens with zero attached hydrogens (tertiary/aromatic N) is 2. The van der Waals surface area contributed by atoms with Gasteiger partial charge < -0.3 is 19.1 Å². The molecule has 0 bridgehead atoms. The van der Waals surface area contributed by atoms with E-state index in [1.807, 2.05) is 0 Å². The lowest BCUT2D eigenvalue weighted by atomic mass is 9.98. The van der Waals surface area contributed by atoms with E-state index in [0.29, 0.717) is 41.3 Å². The van der Waals surface area contributed by atoms with Crippen molar-refractivity contribution in [3.8, 4) is 17.2 Å². The molecule has 0 radical (unpaired) electrons. The van der Waals surface area contributed by atoms with Gasteiger partial charge in [0.2, 0.25) is 18.4 Å². The van der Waals surface area contributed by atoms with Gasteiger partial charge in [-0.15, -0.1) is 0 Å². The molecule has 0 aliphatic carbocycles. The molecule has 0 atom stereocenters. The van der Waals surface area contributed by atoms with Crippen molar-refractivity contribution in [2.45, 2.75) is 13.3 Å². The molecular weight excluding hydrogens is 569 g/mol. The van der Waals surface area contributed by atoms with Crippen molar-refractivity contribution in [2.75, 3.05) is 32.4 Å². The number of barbiturate groups is 1. The number of imide groups is 2. The third-order valence-corrected chi connectivity index (χ3v) is 6.40. The Labute approximate surface area is 214 Å². The molecule has 2 aromatic rings. The van der Waals surface area contributed by atoms with Crippen LogP contribution >= 0.6 is 22.6 Å². The Morgan fingerprint density at radius 3 is 2.60 bits per heavy atom. The van der Waals surface area contributed by atoms with Gasteiger partial charge in [0.25, 0.3) is 11.8 Å². The smallest absolute Gasteiger partial charge is 0.335 e. The number of hydrogen-bond acceptors (Lipinski definition) is 7. The minimum atomic E-state index is -0.834. The lowest BCUT2D eigenvalue weighted by molar-refractivity contribution is -0.127. The standard InChI is InChI=1S/C24H22IN3O7/c1-13(29)27(2)9-8-14-10-19-21(35-12-34-19)20(33-3)17(14)11-18-22(30)26-24(32)28(23(18)31)16-6-4-15(25)5-7-16/h4-7,10-11H,8-9,12H2,1-3H3,(H,26,30,32)/b18-11-. The number of carbonyl (C=O) groups is 4. The van der Waals surface area contributed by atoms with Gasteiger partial charge in [0.05, 0.1) is 12.8 Å². The zero-order chi connectivity index (χ0) is 25.3. The second-order valence-electron chi connectivity index (χ2n) is 7.84. The van der Waals surface area contributed by atoms with Crippen molar-refractivity contribution in [1.29, 1.82) is 0 Å². The fraction of sp³-hybridized carbons (Fsp3) is 0.250. The Morgan fingerprint density at radius 2 is 1.94 bits per heavy atom. The van der Waals surface area contributed by atoms with Crippen LogP contribution in [0.4, 0.5) is 10.5 Å². The van der Waals surface area contributed by atoms with Crippen LogP contribution in [0.3, 0.4) is 0 Å². The predicted molar refractivity (Wildman–Crippen MR) is 134 cm³/mol. The molecule has 4 rings (SSSR count). The van der Waals surface area contributed by atoms with E-state index in [-0.39, 0.29) is 24.0 Å². The van der Waals surface area contributed by atoms with E-state index in [1.54, 1.807) is 42.3 Å². The van der Waals surface area contributed by atoms with Gasteiger partial charge in [-0.3, -0.25) is 19.7 Å².